The van der Waals surface area contributed by atoms with Crippen molar-refractivity contribution in [1.82, 2.24) is 4.57 Å². The van der Waals surface area contributed by atoms with E-state index >= 15 is 0 Å². The van der Waals surface area contributed by atoms with Gasteiger partial charge in [0, 0.05) is 23.6 Å². The Bertz CT molecular complexity index is 977. The largest absolute Gasteiger partial charge is 0.573 e. The Morgan fingerprint density at radius 1 is 1.08 bits per heavy atom. The molecule has 3 aromatic rings. The molecule has 26 heavy (non-hydrogen) atoms. The van der Waals surface area contributed by atoms with Gasteiger partial charge in [-0.15, -0.1) is 13.2 Å². The minimum absolute atomic E-state index is 0.0788. The standard InChI is InChI=1S/C18H12F3NO4/c19-18(20,21)26-12-6-7-15-13(8-12)14(16(23)17(24)25)10-22(15)9-11-4-2-1-3-5-11/h1-8,10H,9H2,(H,24,25). The van der Waals surface area contributed by atoms with Gasteiger partial charge in [-0.25, -0.2) is 4.79 Å². The number of ketones is 1. The molecule has 0 aliphatic carbocycles. The minimum atomic E-state index is -4.89. The SMILES string of the molecule is O=C(O)C(=O)c1cn(Cc2ccccc2)c2ccc(OC(F)(F)F)cc12. The molecule has 8 heteroatoms. The maximum atomic E-state index is 12.4. The third-order valence-corrected chi connectivity index (χ3v) is 3.72. The lowest BCUT2D eigenvalue weighted by molar-refractivity contribution is -0.274. The zero-order valence-electron chi connectivity index (χ0n) is 13.2. The quantitative estimate of drug-likeness (QED) is 0.552. The van der Waals surface area contributed by atoms with Crippen molar-refractivity contribution in [2.24, 2.45) is 0 Å². The Balaban J connectivity index is 2.11. The van der Waals surface area contributed by atoms with Crippen LogP contribution in [0.15, 0.2) is 54.7 Å². The van der Waals surface area contributed by atoms with Crippen LogP contribution >= 0.6 is 0 Å². The molecule has 0 atom stereocenters. The fraction of sp³-hybridized carbons (Fsp3) is 0.111. The first-order chi connectivity index (χ1) is 12.2. The molecule has 0 aliphatic rings. The van der Waals surface area contributed by atoms with Gasteiger partial charge in [-0.3, -0.25) is 4.79 Å². The van der Waals surface area contributed by atoms with Crippen LogP contribution in [-0.4, -0.2) is 27.8 Å². The van der Waals surface area contributed by atoms with Gasteiger partial charge < -0.3 is 14.4 Å². The molecule has 1 aromatic heterocycles. The van der Waals surface area contributed by atoms with Crippen LogP contribution in [0.25, 0.3) is 10.9 Å². The summed E-state index contributed by atoms with van der Waals surface area (Å²) in [7, 11) is 0. The van der Waals surface area contributed by atoms with Crippen LogP contribution < -0.4 is 4.74 Å². The van der Waals surface area contributed by atoms with Crippen LogP contribution in [0.5, 0.6) is 5.75 Å². The highest BCUT2D eigenvalue weighted by atomic mass is 19.4. The lowest BCUT2D eigenvalue weighted by Gasteiger charge is -2.10. The van der Waals surface area contributed by atoms with Crippen LogP contribution in [0.3, 0.4) is 0 Å². The number of halogens is 3. The van der Waals surface area contributed by atoms with E-state index in [-0.39, 0.29) is 10.9 Å². The number of fused-ring (bicyclic) bond motifs is 1. The number of carbonyl (C=O) groups excluding carboxylic acids is 1. The minimum Gasteiger partial charge on any atom is -0.475 e. The Labute approximate surface area is 145 Å². The van der Waals surface area contributed by atoms with Gasteiger partial charge in [0.2, 0.25) is 0 Å². The van der Waals surface area contributed by atoms with Gasteiger partial charge in [0.15, 0.2) is 0 Å². The molecule has 0 unspecified atom stereocenters. The molecule has 0 saturated carbocycles. The number of benzene rings is 2. The first-order valence-electron chi connectivity index (χ1n) is 7.45. The predicted octanol–water partition coefficient (Wildman–Crippen LogP) is 3.86. The number of alkyl halides is 3. The smallest absolute Gasteiger partial charge is 0.475 e. The molecule has 0 fully saturated rings. The number of nitrogens with zero attached hydrogens (tertiary/aromatic N) is 1. The summed E-state index contributed by atoms with van der Waals surface area (Å²) in [6, 6.07) is 12.6. The summed E-state index contributed by atoms with van der Waals surface area (Å²) in [6.07, 6.45) is -3.57. The topological polar surface area (TPSA) is 68.5 Å². The van der Waals surface area contributed by atoms with Crippen LogP contribution in [-0.2, 0) is 11.3 Å². The van der Waals surface area contributed by atoms with E-state index in [0.29, 0.717) is 12.1 Å². The zero-order valence-corrected chi connectivity index (χ0v) is 13.2. The van der Waals surface area contributed by atoms with Crippen molar-refractivity contribution < 1.29 is 32.6 Å². The van der Waals surface area contributed by atoms with E-state index in [1.54, 1.807) is 4.57 Å². The van der Waals surface area contributed by atoms with E-state index < -0.39 is 23.9 Å². The van der Waals surface area contributed by atoms with Crippen molar-refractivity contribution in [2.45, 2.75) is 12.9 Å². The van der Waals surface area contributed by atoms with E-state index in [9.17, 15) is 22.8 Å². The Kier molecular flexibility index (Phi) is 4.41. The van der Waals surface area contributed by atoms with Gasteiger partial charge in [-0.2, -0.15) is 0 Å². The number of carboxylic acids is 1. The molecule has 5 nitrogen and oxygen atoms in total. The number of hydrogen-bond acceptors (Lipinski definition) is 3. The predicted molar refractivity (Wildman–Crippen MR) is 86.1 cm³/mol. The second-order valence-corrected chi connectivity index (χ2v) is 5.52. The summed E-state index contributed by atoms with van der Waals surface area (Å²) in [6.45, 7) is 0.323. The summed E-state index contributed by atoms with van der Waals surface area (Å²) in [5, 5.41) is 9.06. The van der Waals surface area contributed by atoms with Crippen molar-refractivity contribution in [3.63, 3.8) is 0 Å². The van der Waals surface area contributed by atoms with E-state index in [1.165, 1.54) is 12.3 Å². The molecular weight excluding hydrogens is 351 g/mol. The van der Waals surface area contributed by atoms with Crippen LogP contribution in [0.2, 0.25) is 0 Å². The second-order valence-electron chi connectivity index (χ2n) is 5.52. The second kappa shape index (κ2) is 6.55. The number of carbonyl (C=O) groups is 2. The molecule has 0 bridgehead atoms. The molecule has 134 valence electrons. The third-order valence-electron chi connectivity index (χ3n) is 3.72. The summed E-state index contributed by atoms with van der Waals surface area (Å²) in [5.74, 6) is -3.42. The Morgan fingerprint density at radius 3 is 2.38 bits per heavy atom. The molecule has 0 saturated heterocycles. The van der Waals surface area contributed by atoms with E-state index in [1.807, 2.05) is 30.3 Å². The van der Waals surface area contributed by atoms with Gasteiger partial charge in [-0.1, -0.05) is 30.3 Å². The van der Waals surface area contributed by atoms with Crippen molar-refractivity contribution >= 4 is 22.7 Å². The first kappa shape index (κ1) is 17.5. The number of hydrogen-bond donors (Lipinski definition) is 1. The molecule has 1 N–H and O–H groups in total. The number of ether oxygens (including phenoxy) is 1. The number of rotatable bonds is 5. The Morgan fingerprint density at radius 2 is 1.77 bits per heavy atom. The average Bonchev–Trinajstić information content (AvgIpc) is 2.91. The van der Waals surface area contributed by atoms with Gasteiger partial charge in [0.05, 0.1) is 5.56 Å². The number of aromatic nitrogens is 1. The van der Waals surface area contributed by atoms with Gasteiger partial charge in [0.1, 0.15) is 5.75 Å². The fourth-order valence-corrected chi connectivity index (χ4v) is 2.68. The van der Waals surface area contributed by atoms with E-state index in [2.05, 4.69) is 4.74 Å². The third kappa shape index (κ3) is 3.69. The van der Waals surface area contributed by atoms with Crippen molar-refractivity contribution in [3.05, 3.63) is 65.9 Å². The highest BCUT2D eigenvalue weighted by Crippen LogP contribution is 2.30. The number of aliphatic carboxylic acids is 1. The van der Waals surface area contributed by atoms with Crippen molar-refractivity contribution in [3.8, 4) is 5.75 Å². The van der Waals surface area contributed by atoms with Crippen LogP contribution in [0.1, 0.15) is 15.9 Å². The zero-order chi connectivity index (χ0) is 18.9. The first-order valence-corrected chi connectivity index (χ1v) is 7.45. The molecule has 3 rings (SSSR count). The molecule has 2 aromatic carbocycles. The Hall–Kier alpha value is -3.29. The lowest BCUT2D eigenvalue weighted by Crippen LogP contribution is -2.17. The van der Waals surface area contributed by atoms with Gasteiger partial charge in [0.25, 0.3) is 5.78 Å². The van der Waals surface area contributed by atoms with Crippen LogP contribution in [0.4, 0.5) is 13.2 Å². The summed E-state index contributed by atoms with van der Waals surface area (Å²) >= 11 is 0. The highest BCUT2D eigenvalue weighted by Gasteiger charge is 2.31. The van der Waals surface area contributed by atoms with Crippen molar-refractivity contribution in [2.75, 3.05) is 0 Å². The molecule has 0 radical (unpaired) electrons. The van der Waals surface area contributed by atoms with E-state index in [4.69, 9.17) is 5.11 Å². The molecule has 0 spiro atoms. The number of Topliss-reactive ketones (excluding diaryl/α,β-unsaturated/α-hetero) is 1. The maximum Gasteiger partial charge on any atom is 0.573 e. The fourth-order valence-electron chi connectivity index (χ4n) is 2.68. The summed E-state index contributed by atoms with van der Waals surface area (Å²) < 4.78 is 42.8. The molecule has 0 aliphatic heterocycles. The number of carboxylic acid groups (broad SMARTS) is 1. The average molecular weight is 363 g/mol. The molecular formula is C18H12F3NO4. The van der Waals surface area contributed by atoms with Gasteiger partial charge >= 0.3 is 12.3 Å². The highest BCUT2D eigenvalue weighted by molar-refractivity contribution is 6.42. The molecule has 0 amide bonds. The normalized spacial score (nSPS) is 11.5. The van der Waals surface area contributed by atoms with Crippen molar-refractivity contribution in [1.29, 1.82) is 0 Å². The van der Waals surface area contributed by atoms with Gasteiger partial charge in [-0.05, 0) is 23.8 Å². The summed E-state index contributed by atoms with van der Waals surface area (Å²) in [4.78, 5) is 23.0. The molecule has 1 heterocycles. The van der Waals surface area contributed by atoms with Crippen LogP contribution in [0, 0.1) is 0 Å². The lowest BCUT2D eigenvalue weighted by atomic mass is 10.1. The maximum absolute atomic E-state index is 12.4. The monoisotopic (exact) mass is 363 g/mol. The summed E-state index contributed by atoms with van der Waals surface area (Å²) in [5.41, 5.74) is 1.11. The van der Waals surface area contributed by atoms with E-state index in [0.717, 1.165) is 17.7 Å².